The molecule has 0 fully saturated rings. The maximum atomic E-state index is 16.0. The Morgan fingerprint density at radius 1 is 0.244 bits per heavy atom. The quantitative estimate of drug-likeness (QED) is 0.124. The molecule has 2 amide bonds. The summed E-state index contributed by atoms with van der Waals surface area (Å²) in [5.41, 5.74) is 11.0. The number of carbonyl (C=O) groups is 2. The largest absolute Gasteiger partial charge is 0.307 e. The van der Waals surface area contributed by atoms with E-state index in [9.17, 15) is 0 Å². The highest BCUT2D eigenvalue weighted by Crippen LogP contribution is 2.46. The Morgan fingerprint density at radius 2 is 0.577 bits per heavy atom. The zero-order valence-electron chi connectivity index (χ0n) is 41.6. The molecule has 78 heavy (non-hydrogen) atoms. The number of aromatic nitrogens is 7. The maximum absolute atomic E-state index is 16.0. The number of hydrogen-bond donors (Lipinski definition) is 0. The van der Waals surface area contributed by atoms with Crippen molar-refractivity contribution >= 4 is 39.3 Å². The summed E-state index contributed by atoms with van der Waals surface area (Å²) in [6, 6.07) is 82.9. The van der Waals surface area contributed by atoms with Gasteiger partial charge in [-0.3, -0.25) is 9.59 Å². The molecule has 1 aliphatic rings. The Kier molecular flexibility index (Phi) is 11.2. The second-order valence-corrected chi connectivity index (χ2v) is 18.9. The van der Waals surface area contributed by atoms with E-state index in [1.165, 1.54) is 4.90 Å². The molecule has 366 valence electrons. The van der Waals surface area contributed by atoms with Gasteiger partial charge in [-0.15, -0.1) is 0 Å². The highest BCUT2D eigenvalue weighted by atomic mass is 16.2. The number of hydrogen-bond acceptors (Lipinski definition) is 8. The van der Waals surface area contributed by atoms with Crippen LogP contribution in [0.25, 0.3) is 118 Å². The number of rotatable bonds is 10. The van der Waals surface area contributed by atoms with Gasteiger partial charge in [-0.2, -0.15) is 0 Å². The number of fused-ring (bicyclic) bond motifs is 4. The van der Waals surface area contributed by atoms with Gasteiger partial charge in [0.25, 0.3) is 11.8 Å². The van der Waals surface area contributed by atoms with E-state index in [0.29, 0.717) is 68.5 Å². The Balaban J connectivity index is 1.07. The van der Waals surface area contributed by atoms with Crippen LogP contribution in [0.1, 0.15) is 20.7 Å². The van der Waals surface area contributed by atoms with Crippen LogP contribution in [-0.4, -0.2) is 46.3 Å². The summed E-state index contributed by atoms with van der Waals surface area (Å²) in [7, 11) is 0. The Bertz CT molecular complexity index is 4160. The van der Waals surface area contributed by atoms with Crippen molar-refractivity contribution in [1.29, 1.82) is 0 Å². The highest BCUT2D eigenvalue weighted by Gasteiger charge is 2.41. The van der Waals surface area contributed by atoms with Crippen LogP contribution in [0.4, 0.5) is 5.69 Å². The lowest BCUT2D eigenvalue weighted by molar-refractivity contribution is 0.0926. The average Bonchev–Trinajstić information content (AvgIpc) is 4.13. The standard InChI is InChI=1S/C68H42N8O2/c77-67-52-38-22-42-56(58(52)68(78)76(67)55-41-21-35-49(43-23-7-1-8-24-43)57(55)44-25-9-2-10-26-44)75-59-50(36-19-39-53(59)65-71-61(45-27-11-3-12-28-45)69-62(72-65)46-29-13-4-14-30-46)51-37-20-40-54(60(51)75)66-73-63(47-31-15-5-16-32-47)70-64(74-66)48-33-17-6-18-34-48/h1-42H. The minimum atomic E-state index is -0.464. The molecule has 0 saturated heterocycles. The molecule has 10 aromatic carbocycles. The summed E-state index contributed by atoms with van der Waals surface area (Å²) in [4.78, 5) is 63.8. The number of benzene rings is 10. The minimum Gasteiger partial charge on any atom is -0.307 e. The number of nitrogens with zero attached hydrogens (tertiary/aromatic N) is 8. The molecular formula is C68H42N8O2. The normalized spacial score (nSPS) is 12.1. The molecule has 14 rings (SSSR count). The Hall–Kier alpha value is -10.8. The van der Waals surface area contributed by atoms with Gasteiger partial charge in [0, 0.05) is 49.7 Å². The second-order valence-electron chi connectivity index (χ2n) is 18.9. The van der Waals surface area contributed by atoms with E-state index in [1.807, 2.05) is 237 Å². The van der Waals surface area contributed by atoms with Gasteiger partial charge >= 0.3 is 0 Å². The van der Waals surface area contributed by atoms with E-state index in [1.54, 1.807) is 6.07 Å². The van der Waals surface area contributed by atoms with E-state index < -0.39 is 11.8 Å². The molecule has 0 N–H and O–H groups in total. The van der Waals surface area contributed by atoms with Gasteiger partial charge in [0.05, 0.1) is 33.5 Å². The van der Waals surface area contributed by atoms with Crippen LogP contribution >= 0.6 is 0 Å². The second kappa shape index (κ2) is 19.1. The first-order valence-electron chi connectivity index (χ1n) is 25.6. The van der Waals surface area contributed by atoms with Crippen LogP contribution in [0.5, 0.6) is 0 Å². The van der Waals surface area contributed by atoms with Crippen molar-refractivity contribution < 1.29 is 9.59 Å². The lowest BCUT2D eigenvalue weighted by Crippen LogP contribution is -2.30. The van der Waals surface area contributed by atoms with Crippen LogP contribution in [0, 0.1) is 0 Å². The van der Waals surface area contributed by atoms with Gasteiger partial charge in [0.1, 0.15) is 0 Å². The van der Waals surface area contributed by atoms with E-state index in [0.717, 1.165) is 55.3 Å². The molecule has 0 saturated carbocycles. The molecule has 13 aromatic rings. The Labute approximate surface area is 448 Å². The molecule has 0 atom stereocenters. The van der Waals surface area contributed by atoms with Crippen LogP contribution in [0.2, 0.25) is 0 Å². The third-order valence-corrected chi connectivity index (χ3v) is 14.3. The monoisotopic (exact) mass is 1000 g/mol. The summed E-state index contributed by atoms with van der Waals surface area (Å²) < 4.78 is 2.09. The predicted molar refractivity (Wildman–Crippen MR) is 309 cm³/mol. The fourth-order valence-electron chi connectivity index (χ4n) is 10.7. The van der Waals surface area contributed by atoms with Crippen molar-refractivity contribution in [3.05, 3.63) is 266 Å². The summed E-state index contributed by atoms with van der Waals surface area (Å²) in [5.74, 6) is 1.92. The predicted octanol–water partition coefficient (Wildman–Crippen LogP) is 15.3. The molecule has 10 heteroatoms. The molecule has 0 bridgehead atoms. The number of para-hydroxylation sites is 2. The molecule has 1 aliphatic heterocycles. The molecule has 4 heterocycles. The van der Waals surface area contributed by atoms with Gasteiger partial charge in [-0.05, 0) is 47.0 Å². The first-order chi connectivity index (χ1) is 38.6. The van der Waals surface area contributed by atoms with Crippen molar-refractivity contribution in [2.75, 3.05) is 4.90 Å². The molecule has 0 unspecified atom stereocenters. The van der Waals surface area contributed by atoms with Gasteiger partial charge < -0.3 is 4.57 Å². The van der Waals surface area contributed by atoms with Crippen molar-refractivity contribution in [2.24, 2.45) is 0 Å². The average molecular weight is 1000 g/mol. The van der Waals surface area contributed by atoms with Gasteiger partial charge in [0.2, 0.25) is 0 Å². The fraction of sp³-hybridized carbons (Fsp3) is 0. The molecule has 0 spiro atoms. The third kappa shape index (κ3) is 7.82. The van der Waals surface area contributed by atoms with Crippen LogP contribution < -0.4 is 4.90 Å². The van der Waals surface area contributed by atoms with Crippen molar-refractivity contribution in [1.82, 2.24) is 34.5 Å². The fourth-order valence-corrected chi connectivity index (χ4v) is 10.7. The zero-order valence-corrected chi connectivity index (χ0v) is 41.6. The Morgan fingerprint density at radius 3 is 1.00 bits per heavy atom. The summed E-state index contributed by atoms with van der Waals surface area (Å²) in [6.07, 6.45) is 0. The van der Waals surface area contributed by atoms with E-state index in [4.69, 9.17) is 29.9 Å². The first kappa shape index (κ1) is 45.7. The lowest BCUT2D eigenvalue weighted by atomic mass is 9.92. The summed E-state index contributed by atoms with van der Waals surface area (Å²) >= 11 is 0. The number of anilines is 1. The number of carbonyl (C=O) groups excluding carboxylic acids is 2. The van der Waals surface area contributed by atoms with Crippen molar-refractivity contribution in [3.8, 4) is 96.3 Å². The van der Waals surface area contributed by atoms with E-state index in [-0.39, 0.29) is 11.1 Å². The van der Waals surface area contributed by atoms with E-state index >= 15 is 9.59 Å². The maximum Gasteiger partial charge on any atom is 0.268 e. The van der Waals surface area contributed by atoms with Crippen LogP contribution in [0.3, 0.4) is 0 Å². The van der Waals surface area contributed by atoms with E-state index in [2.05, 4.69) is 16.7 Å². The van der Waals surface area contributed by atoms with Crippen LogP contribution in [-0.2, 0) is 0 Å². The molecule has 0 radical (unpaired) electrons. The minimum absolute atomic E-state index is 0.242. The SMILES string of the molecule is O=C1c2cccc(-n3c4c(-c5nc(-c6ccccc6)nc(-c6ccccc6)n5)cccc4c4cccc(-c5nc(-c6ccccc6)nc(-c6ccccc6)n5)c43)c2C(=O)N1c1cccc(-c2ccccc2)c1-c1ccccc1. The number of amides is 2. The molecular weight excluding hydrogens is 961 g/mol. The number of imide groups is 1. The summed E-state index contributed by atoms with van der Waals surface area (Å²) in [6.45, 7) is 0. The van der Waals surface area contributed by atoms with Gasteiger partial charge in [-0.25, -0.2) is 34.8 Å². The van der Waals surface area contributed by atoms with Crippen molar-refractivity contribution in [3.63, 3.8) is 0 Å². The van der Waals surface area contributed by atoms with Crippen molar-refractivity contribution in [2.45, 2.75) is 0 Å². The first-order valence-corrected chi connectivity index (χ1v) is 25.6. The molecule has 10 nitrogen and oxygen atoms in total. The van der Waals surface area contributed by atoms with Gasteiger partial charge in [-0.1, -0.05) is 224 Å². The highest BCUT2D eigenvalue weighted by molar-refractivity contribution is 6.37. The van der Waals surface area contributed by atoms with Gasteiger partial charge in [0.15, 0.2) is 34.9 Å². The van der Waals surface area contributed by atoms with Crippen LogP contribution in [0.15, 0.2) is 255 Å². The zero-order chi connectivity index (χ0) is 52.1. The lowest BCUT2D eigenvalue weighted by Gasteiger charge is -2.22. The topological polar surface area (TPSA) is 120 Å². The smallest absolute Gasteiger partial charge is 0.268 e. The third-order valence-electron chi connectivity index (χ3n) is 14.3. The molecule has 3 aromatic heterocycles. The summed E-state index contributed by atoms with van der Waals surface area (Å²) in [5, 5.41) is 1.70. The molecule has 0 aliphatic carbocycles.